The summed E-state index contributed by atoms with van der Waals surface area (Å²) in [5, 5.41) is 9.32. The van der Waals surface area contributed by atoms with Crippen molar-refractivity contribution < 1.29 is 4.79 Å². The Morgan fingerprint density at radius 1 is 1.60 bits per heavy atom. The Kier molecular flexibility index (Phi) is 3.14. The van der Waals surface area contributed by atoms with Crippen molar-refractivity contribution in [2.75, 3.05) is 5.32 Å². The second-order valence-electron chi connectivity index (χ2n) is 4.77. The molecule has 0 spiro atoms. The second kappa shape index (κ2) is 4.02. The minimum absolute atomic E-state index is 0.214. The molecule has 0 fully saturated rings. The van der Waals surface area contributed by atoms with E-state index in [1.54, 1.807) is 6.07 Å². The smallest absolute Gasteiger partial charge is 0.243 e. The zero-order chi connectivity index (χ0) is 11.6. The Morgan fingerprint density at radius 2 is 2.20 bits per heavy atom. The fourth-order valence-corrected chi connectivity index (χ4v) is 1.08. The van der Waals surface area contributed by atoms with Crippen LogP contribution in [-0.2, 0) is 4.79 Å². The maximum Gasteiger partial charge on any atom is 0.243 e. The molecule has 0 aromatic carbocycles. The first-order chi connectivity index (χ1) is 6.80. The Morgan fingerprint density at radius 3 is 2.60 bits per heavy atom. The predicted octanol–water partition coefficient (Wildman–Crippen LogP) is 1.03. The molecule has 1 unspecified atom stereocenters. The average Bonchev–Trinajstić information content (AvgIpc) is 2.48. The fraction of sp³-hybridized carbons (Fsp3) is 0.600. The second-order valence-corrected chi connectivity index (χ2v) is 4.77. The molecule has 0 bridgehead atoms. The van der Waals surface area contributed by atoms with Crippen LogP contribution in [0.2, 0.25) is 0 Å². The third kappa shape index (κ3) is 3.06. The summed E-state index contributed by atoms with van der Waals surface area (Å²) in [6, 6.07) is 1.21. The first kappa shape index (κ1) is 11.7. The van der Waals surface area contributed by atoms with Crippen molar-refractivity contribution in [3.05, 3.63) is 11.8 Å². The zero-order valence-electron chi connectivity index (χ0n) is 9.59. The van der Waals surface area contributed by atoms with E-state index in [0.717, 1.165) is 5.69 Å². The molecule has 15 heavy (non-hydrogen) atoms. The lowest BCUT2D eigenvalue weighted by atomic mass is 9.87. The molecular formula is C10H18N4O. The minimum atomic E-state index is -0.547. The number of carbonyl (C=O) groups excluding carboxylic acids is 1. The van der Waals surface area contributed by atoms with Crippen LogP contribution in [0, 0.1) is 12.3 Å². The highest BCUT2D eigenvalue weighted by Crippen LogP contribution is 2.18. The summed E-state index contributed by atoms with van der Waals surface area (Å²) >= 11 is 0. The normalized spacial score (nSPS) is 13.7. The number of rotatable bonds is 2. The van der Waals surface area contributed by atoms with Gasteiger partial charge < -0.3 is 11.1 Å². The molecule has 1 amide bonds. The number of carbonyl (C=O) groups is 1. The van der Waals surface area contributed by atoms with E-state index in [2.05, 4.69) is 15.5 Å². The monoisotopic (exact) mass is 210 g/mol. The van der Waals surface area contributed by atoms with Gasteiger partial charge in [-0.3, -0.25) is 9.89 Å². The van der Waals surface area contributed by atoms with Crippen molar-refractivity contribution in [1.82, 2.24) is 10.2 Å². The largest absolute Gasteiger partial charge is 0.319 e. The van der Waals surface area contributed by atoms with Crippen molar-refractivity contribution in [2.24, 2.45) is 11.1 Å². The number of aromatic amines is 1. The molecule has 0 saturated carbocycles. The maximum atomic E-state index is 11.7. The number of aryl methyl sites for hydroxylation is 1. The third-order valence-electron chi connectivity index (χ3n) is 2.17. The molecule has 0 radical (unpaired) electrons. The van der Waals surface area contributed by atoms with E-state index in [9.17, 15) is 4.79 Å². The highest BCUT2D eigenvalue weighted by molar-refractivity contribution is 5.94. The maximum absolute atomic E-state index is 11.7. The molecular weight excluding hydrogens is 192 g/mol. The van der Waals surface area contributed by atoms with Gasteiger partial charge in [0.25, 0.3) is 0 Å². The average molecular weight is 210 g/mol. The molecule has 0 aliphatic carbocycles. The molecule has 84 valence electrons. The van der Waals surface area contributed by atoms with E-state index in [1.807, 2.05) is 27.7 Å². The Balaban J connectivity index is 2.64. The van der Waals surface area contributed by atoms with Gasteiger partial charge in [0, 0.05) is 11.8 Å². The van der Waals surface area contributed by atoms with Crippen LogP contribution in [0.1, 0.15) is 26.5 Å². The number of nitrogens with two attached hydrogens (primary N) is 1. The number of anilines is 1. The quantitative estimate of drug-likeness (QED) is 0.681. The van der Waals surface area contributed by atoms with E-state index < -0.39 is 6.04 Å². The molecule has 5 heteroatoms. The van der Waals surface area contributed by atoms with Gasteiger partial charge in [0.2, 0.25) is 5.91 Å². The number of H-pyrrole nitrogens is 1. The van der Waals surface area contributed by atoms with Gasteiger partial charge >= 0.3 is 0 Å². The molecule has 5 nitrogen and oxygen atoms in total. The summed E-state index contributed by atoms with van der Waals surface area (Å²) in [6.07, 6.45) is 0. The Hall–Kier alpha value is -1.36. The summed E-state index contributed by atoms with van der Waals surface area (Å²) in [5.41, 5.74) is 6.44. The van der Waals surface area contributed by atoms with Crippen molar-refractivity contribution in [1.29, 1.82) is 0 Å². The Labute approximate surface area is 89.4 Å². The number of aromatic nitrogens is 2. The van der Waals surface area contributed by atoms with Gasteiger partial charge in [-0.05, 0) is 12.3 Å². The molecule has 0 saturated heterocycles. The van der Waals surface area contributed by atoms with Crippen molar-refractivity contribution in [2.45, 2.75) is 33.7 Å². The van der Waals surface area contributed by atoms with Gasteiger partial charge in [-0.1, -0.05) is 20.8 Å². The predicted molar refractivity (Wildman–Crippen MR) is 59.4 cm³/mol. The summed E-state index contributed by atoms with van der Waals surface area (Å²) in [6.45, 7) is 7.64. The van der Waals surface area contributed by atoms with Gasteiger partial charge in [-0.2, -0.15) is 5.10 Å². The first-order valence-electron chi connectivity index (χ1n) is 4.89. The summed E-state index contributed by atoms with van der Waals surface area (Å²) in [5.74, 6) is 0.297. The van der Waals surface area contributed by atoms with E-state index in [4.69, 9.17) is 5.73 Å². The van der Waals surface area contributed by atoms with E-state index in [-0.39, 0.29) is 11.3 Å². The molecule has 1 aromatic rings. The van der Waals surface area contributed by atoms with Crippen LogP contribution >= 0.6 is 0 Å². The van der Waals surface area contributed by atoms with Gasteiger partial charge in [-0.25, -0.2) is 0 Å². The molecule has 1 heterocycles. The highest BCUT2D eigenvalue weighted by atomic mass is 16.2. The number of amides is 1. The van der Waals surface area contributed by atoms with Gasteiger partial charge in [0.1, 0.15) is 0 Å². The lowest BCUT2D eigenvalue weighted by Gasteiger charge is -2.25. The fourth-order valence-electron chi connectivity index (χ4n) is 1.08. The molecule has 1 aromatic heterocycles. The van der Waals surface area contributed by atoms with E-state index >= 15 is 0 Å². The molecule has 4 N–H and O–H groups in total. The first-order valence-corrected chi connectivity index (χ1v) is 4.89. The zero-order valence-corrected chi connectivity index (χ0v) is 9.59. The van der Waals surface area contributed by atoms with Crippen molar-refractivity contribution in [3.63, 3.8) is 0 Å². The number of nitrogens with one attached hydrogen (secondary N) is 2. The van der Waals surface area contributed by atoms with Gasteiger partial charge in [0.15, 0.2) is 5.82 Å². The highest BCUT2D eigenvalue weighted by Gasteiger charge is 2.27. The van der Waals surface area contributed by atoms with Crippen LogP contribution in [0.4, 0.5) is 5.82 Å². The number of nitrogens with zero attached hydrogens (tertiary/aromatic N) is 1. The van der Waals surface area contributed by atoms with E-state index in [0.29, 0.717) is 5.82 Å². The topological polar surface area (TPSA) is 83.8 Å². The number of hydrogen-bond donors (Lipinski definition) is 3. The van der Waals surface area contributed by atoms with Crippen molar-refractivity contribution >= 4 is 11.7 Å². The van der Waals surface area contributed by atoms with Crippen LogP contribution < -0.4 is 11.1 Å². The van der Waals surface area contributed by atoms with Crippen LogP contribution in [-0.4, -0.2) is 22.1 Å². The minimum Gasteiger partial charge on any atom is -0.319 e. The van der Waals surface area contributed by atoms with Gasteiger partial charge in [0.05, 0.1) is 6.04 Å². The van der Waals surface area contributed by atoms with Crippen LogP contribution in [0.25, 0.3) is 0 Å². The van der Waals surface area contributed by atoms with Crippen LogP contribution in [0.15, 0.2) is 6.07 Å². The van der Waals surface area contributed by atoms with Gasteiger partial charge in [-0.15, -0.1) is 0 Å². The SMILES string of the molecule is Cc1cc(NC(=O)C(N)C(C)(C)C)n[nH]1. The standard InChI is InChI=1S/C10H18N4O/c1-6-5-7(14-13-6)12-9(15)8(11)10(2,3)4/h5,8H,11H2,1-4H3,(H2,12,13,14,15). The number of hydrogen-bond acceptors (Lipinski definition) is 3. The lowest BCUT2D eigenvalue weighted by Crippen LogP contribution is -2.45. The van der Waals surface area contributed by atoms with Crippen LogP contribution in [0.5, 0.6) is 0 Å². The van der Waals surface area contributed by atoms with E-state index in [1.165, 1.54) is 0 Å². The lowest BCUT2D eigenvalue weighted by molar-refractivity contribution is -0.119. The molecule has 0 aliphatic rings. The van der Waals surface area contributed by atoms with Crippen LogP contribution in [0.3, 0.4) is 0 Å². The summed E-state index contributed by atoms with van der Waals surface area (Å²) in [7, 11) is 0. The summed E-state index contributed by atoms with van der Waals surface area (Å²) in [4.78, 5) is 11.7. The third-order valence-corrected chi connectivity index (χ3v) is 2.17. The molecule has 0 aliphatic heterocycles. The summed E-state index contributed by atoms with van der Waals surface area (Å²) < 4.78 is 0. The Bertz CT molecular complexity index is 351. The van der Waals surface area contributed by atoms with Crippen molar-refractivity contribution in [3.8, 4) is 0 Å². The molecule has 1 atom stereocenters. The molecule has 1 rings (SSSR count).